The zero-order valence-corrected chi connectivity index (χ0v) is 11.8. The Kier molecular flexibility index (Phi) is 4.01. The normalized spacial score (nSPS) is 10.1. The fourth-order valence-corrected chi connectivity index (χ4v) is 1.80. The fourth-order valence-electron chi connectivity index (χ4n) is 1.58. The Morgan fingerprint density at radius 3 is 2.32 bits per heavy atom. The number of nitrogens with one attached hydrogen (secondary N) is 1. The van der Waals surface area contributed by atoms with Crippen molar-refractivity contribution in [2.24, 2.45) is 0 Å². The predicted molar refractivity (Wildman–Crippen MR) is 78.1 cm³/mol. The highest BCUT2D eigenvalue weighted by Crippen LogP contribution is 2.25. The molecule has 0 spiro atoms. The third-order valence-electron chi connectivity index (χ3n) is 2.52. The Bertz CT molecular complexity index is 573. The lowest BCUT2D eigenvalue weighted by molar-refractivity contribution is 0.395. The average Bonchev–Trinajstić information content (AvgIpc) is 2.85. The number of nitrogens with zero attached hydrogens (tertiary/aromatic N) is 2. The van der Waals surface area contributed by atoms with Gasteiger partial charge in [-0.05, 0) is 24.7 Å². The summed E-state index contributed by atoms with van der Waals surface area (Å²) in [6.07, 6.45) is 3.60. The van der Waals surface area contributed by atoms with E-state index in [4.69, 9.17) is 21.7 Å². The van der Waals surface area contributed by atoms with Gasteiger partial charge in [0.15, 0.2) is 5.11 Å². The summed E-state index contributed by atoms with van der Waals surface area (Å²) in [4.78, 5) is 0. The van der Waals surface area contributed by atoms with Crippen LogP contribution in [-0.2, 0) is 0 Å². The van der Waals surface area contributed by atoms with Gasteiger partial charge in [-0.3, -0.25) is 0 Å². The van der Waals surface area contributed by atoms with Crippen molar-refractivity contribution in [3.05, 3.63) is 36.2 Å². The van der Waals surface area contributed by atoms with Crippen molar-refractivity contribution < 1.29 is 9.47 Å². The molecule has 0 unspecified atom stereocenters. The van der Waals surface area contributed by atoms with E-state index in [-0.39, 0.29) is 0 Å². The zero-order chi connectivity index (χ0) is 13.8. The maximum absolute atomic E-state index is 5.28. The molecule has 1 aromatic heterocycles. The van der Waals surface area contributed by atoms with E-state index in [1.807, 2.05) is 25.3 Å². The smallest absolute Gasteiger partial charge is 0.198 e. The summed E-state index contributed by atoms with van der Waals surface area (Å²) in [5, 5.41) is 7.73. The highest BCUT2D eigenvalue weighted by Gasteiger charge is 2.05. The number of hydrogen-bond acceptors (Lipinski definition) is 4. The molecule has 1 N–H and O–H groups in total. The van der Waals surface area contributed by atoms with E-state index >= 15 is 0 Å². The molecular weight excluding hydrogens is 262 g/mol. The molecule has 19 heavy (non-hydrogen) atoms. The first kappa shape index (κ1) is 13.4. The van der Waals surface area contributed by atoms with Gasteiger partial charge in [0.25, 0.3) is 0 Å². The molecule has 2 aromatic rings. The number of benzene rings is 1. The number of rotatable bonds is 3. The van der Waals surface area contributed by atoms with Crippen molar-refractivity contribution in [1.29, 1.82) is 0 Å². The second-order valence-corrected chi connectivity index (χ2v) is 4.38. The molecule has 0 aliphatic carbocycles. The number of hydrogen-bond donors (Lipinski definition) is 1. The number of aryl methyl sites for hydroxylation is 1. The van der Waals surface area contributed by atoms with Crippen LogP contribution in [0.5, 0.6) is 11.5 Å². The number of aromatic nitrogens is 2. The number of anilines is 1. The minimum atomic E-state index is 0.489. The van der Waals surface area contributed by atoms with Crippen LogP contribution in [0.1, 0.15) is 5.56 Å². The fraction of sp³-hybridized carbons (Fsp3) is 0.231. The van der Waals surface area contributed by atoms with Crippen LogP contribution in [0.25, 0.3) is 0 Å². The first-order valence-corrected chi connectivity index (χ1v) is 6.09. The Labute approximate surface area is 117 Å². The van der Waals surface area contributed by atoms with E-state index in [9.17, 15) is 0 Å². The highest BCUT2D eigenvalue weighted by atomic mass is 32.1. The van der Waals surface area contributed by atoms with E-state index in [2.05, 4.69) is 10.4 Å². The standard InChI is InChI=1S/C13H15N3O2S/c1-9-7-14-16(8-9)13(19)15-10-4-11(17-2)6-12(5-10)18-3/h4-8H,1-3H3,(H,15,19). The molecule has 0 saturated heterocycles. The minimum Gasteiger partial charge on any atom is -0.497 e. The lowest BCUT2D eigenvalue weighted by Crippen LogP contribution is -2.19. The SMILES string of the molecule is COc1cc(NC(=S)n2cc(C)cn2)cc(OC)c1. The third kappa shape index (κ3) is 3.23. The lowest BCUT2D eigenvalue weighted by atomic mass is 10.3. The van der Waals surface area contributed by atoms with Gasteiger partial charge < -0.3 is 14.8 Å². The highest BCUT2D eigenvalue weighted by molar-refractivity contribution is 7.80. The van der Waals surface area contributed by atoms with Gasteiger partial charge in [-0.15, -0.1) is 0 Å². The van der Waals surface area contributed by atoms with E-state index in [1.54, 1.807) is 31.2 Å². The molecule has 5 nitrogen and oxygen atoms in total. The molecule has 0 fully saturated rings. The minimum absolute atomic E-state index is 0.489. The quantitative estimate of drug-likeness (QED) is 0.873. The zero-order valence-electron chi connectivity index (χ0n) is 11.0. The molecule has 2 rings (SSSR count). The number of methoxy groups -OCH3 is 2. The summed E-state index contributed by atoms with van der Waals surface area (Å²) in [7, 11) is 3.21. The van der Waals surface area contributed by atoms with Crippen LogP contribution in [0.4, 0.5) is 5.69 Å². The second kappa shape index (κ2) is 5.71. The molecule has 0 bridgehead atoms. The molecule has 1 aromatic carbocycles. The van der Waals surface area contributed by atoms with Crippen LogP contribution in [0.2, 0.25) is 0 Å². The number of ether oxygens (including phenoxy) is 2. The van der Waals surface area contributed by atoms with Crippen LogP contribution in [0, 0.1) is 6.92 Å². The molecule has 100 valence electrons. The van der Waals surface area contributed by atoms with E-state index < -0.39 is 0 Å². The van der Waals surface area contributed by atoms with Gasteiger partial charge in [-0.25, -0.2) is 4.68 Å². The van der Waals surface area contributed by atoms with Crippen LogP contribution in [0.15, 0.2) is 30.6 Å². The van der Waals surface area contributed by atoms with Gasteiger partial charge in [0.1, 0.15) is 11.5 Å². The summed E-state index contributed by atoms with van der Waals surface area (Å²) < 4.78 is 12.0. The molecule has 0 atom stereocenters. The van der Waals surface area contributed by atoms with Crippen molar-refractivity contribution >= 4 is 23.0 Å². The van der Waals surface area contributed by atoms with Crippen molar-refractivity contribution in [2.75, 3.05) is 19.5 Å². The average molecular weight is 277 g/mol. The summed E-state index contributed by atoms with van der Waals surface area (Å²) in [6.45, 7) is 1.96. The van der Waals surface area contributed by atoms with Gasteiger partial charge in [-0.2, -0.15) is 5.10 Å². The molecule has 0 saturated carbocycles. The summed E-state index contributed by atoms with van der Waals surface area (Å²) in [6, 6.07) is 5.47. The van der Waals surface area contributed by atoms with Gasteiger partial charge >= 0.3 is 0 Å². The first-order valence-electron chi connectivity index (χ1n) is 5.68. The van der Waals surface area contributed by atoms with Gasteiger partial charge in [-0.1, -0.05) is 0 Å². The van der Waals surface area contributed by atoms with E-state index in [0.29, 0.717) is 16.6 Å². The Morgan fingerprint density at radius 2 is 1.84 bits per heavy atom. The molecule has 0 aliphatic heterocycles. The Balaban J connectivity index is 2.20. The van der Waals surface area contributed by atoms with Crippen LogP contribution in [-0.4, -0.2) is 29.1 Å². The van der Waals surface area contributed by atoms with Crippen molar-refractivity contribution in [2.45, 2.75) is 6.92 Å². The molecule has 0 aliphatic rings. The van der Waals surface area contributed by atoms with Gasteiger partial charge in [0, 0.05) is 30.1 Å². The Hall–Kier alpha value is -2.08. The predicted octanol–water partition coefficient (Wildman–Crippen LogP) is 2.45. The number of thiocarbonyl (C=S) groups is 1. The van der Waals surface area contributed by atoms with Gasteiger partial charge in [0.05, 0.1) is 20.4 Å². The molecule has 6 heteroatoms. The van der Waals surface area contributed by atoms with E-state index in [0.717, 1.165) is 11.3 Å². The lowest BCUT2D eigenvalue weighted by Gasteiger charge is -2.11. The molecule has 1 heterocycles. The Morgan fingerprint density at radius 1 is 1.21 bits per heavy atom. The topological polar surface area (TPSA) is 48.3 Å². The molecular formula is C13H15N3O2S. The van der Waals surface area contributed by atoms with Crippen LogP contribution >= 0.6 is 12.2 Å². The van der Waals surface area contributed by atoms with Crippen molar-refractivity contribution in [3.63, 3.8) is 0 Å². The third-order valence-corrected chi connectivity index (χ3v) is 2.81. The largest absolute Gasteiger partial charge is 0.497 e. The van der Waals surface area contributed by atoms with Crippen molar-refractivity contribution in [3.8, 4) is 11.5 Å². The summed E-state index contributed by atoms with van der Waals surface area (Å²) in [5.74, 6) is 1.39. The second-order valence-electron chi connectivity index (χ2n) is 3.99. The van der Waals surface area contributed by atoms with Crippen LogP contribution < -0.4 is 14.8 Å². The van der Waals surface area contributed by atoms with Crippen molar-refractivity contribution in [1.82, 2.24) is 9.78 Å². The summed E-state index contributed by atoms with van der Waals surface area (Å²) >= 11 is 5.28. The molecule has 0 radical (unpaired) electrons. The van der Waals surface area contributed by atoms with Crippen LogP contribution in [0.3, 0.4) is 0 Å². The van der Waals surface area contributed by atoms with E-state index in [1.165, 1.54) is 0 Å². The summed E-state index contributed by atoms with van der Waals surface area (Å²) in [5.41, 5.74) is 1.83. The monoisotopic (exact) mass is 277 g/mol. The maximum atomic E-state index is 5.28. The van der Waals surface area contributed by atoms with Gasteiger partial charge in [0.2, 0.25) is 0 Å². The molecule has 0 amide bonds. The maximum Gasteiger partial charge on any atom is 0.198 e. The first-order chi connectivity index (χ1) is 9.12.